The molecule has 0 atom stereocenters. The molecule has 0 aliphatic carbocycles. The van der Waals surface area contributed by atoms with Gasteiger partial charge < -0.3 is 9.15 Å². The predicted molar refractivity (Wildman–Crippen MR) is 96.2 cm³/mol. The molecule has 28 heavy (non-hydrogen) atoms. The number of ether oxygens (including phenoxy) is 1. The Kier molecular flexibility index (Phi) is 4.70. The molecule has 2 aromatic heterocycles. The van der Waals surface area contributed by atoms with Crippen LogP contribution in [0.25, 0.3) is 11.5 Å². The Morgan fingerprint density at radius 2 is 1.68 bits per heavy atom. The fraction of sp³-hybridized carbons (Fsp3) is 0. The summed E-state index contributed by atoms with van der Waals surface area (Å²) in [4.78, 5) is 20.3. The maximum atomic E-state index is 13.0. The molecule has 0 aliphatic rings. The van der Waals surface area contributed by atoms with E-state index in [1.165, 1.54) is 36.7 Å². The topological polar surface area (TPSA) is 103 Å². The van der Waals surface area contributed by atoms with Crippen LogP contribution in [0.15, 0.2) is 71.4 Å². The smallest absolute Gasteiger partial charge is 0.322 e. The third-order valence-corrected chi connectivity index (χ3v) is 3.58. The zero-order valence-electron chi connectivity index (χ0n) is 14.2. The summed E-state index contributed by atoms with van der Waals surface area (Å²) >= 11 is 0. The number of nitrogens with zero attached hydrogens (tertiary/aromatic N) is 4. The lowest BCUT2D eigenvalue weighted by atomic mass is 10.2. The average Bonchev–Trinajstić information content (AvgIpc) is 3.18. The summed E-state index contributed by atoms with van der Waals surface area (Å²) in [5.41, 5.74) is 0.710. The minimum Gasteiger partial charge on any atom is -0.424 e. The Bertz CT molecular complexity index is 1080. The van der Waals surface area contributed by atoms with Crippen molar-refractivity contribution < 1.29 is 18.3 Å². The molecule has 8 nitrogen and oxygen atoms in total. The molecule has 0 fully saturated rings. The van der Waals surface area contributed by atoms with Gasteiger partial charge in [0.2, 0.25) is 5.89 Å². The van der Waals surface area contributed by atoms with Crippen molar-refractivity contribution in [2.24, 2.45) is 0 Å². The SMILES string of the molecule is O=C(Nc1nnc(-c2ccc(F)cc2)o1)c1cnc(Oc2ccccc2)nc1. The second-order valence-corrected chi connectivity index (χ2v) is 5.54. The second kappa shape index (κ2) is 7.62. The maximum absolute atomic E-state index is 13.0. The summed E-state index contributed by atoms with van der Waals surface area (Å²) in [6, 6.07) is 14.6. The van der Waals surface area contributed by atoms with Crippen molar-refractivity contribution in [1.29, 1.82) is 0 Å². The molecule has 0 unspecified atom stereocenters. The minimum absolute atomic E-state index is 0.103. The number of amides is 1. The fourth-order valence-electron chi connectivity index (χ4n) is 2.23. The van der Waals surface area contributed by atoms with E-state index < -0.39 is 5.91 Å². The van der Waals surface area contributed by atoms with Crippen LogP contribution < -0.4 is 10.1 Å². The van der Waals surface area contributed by atoms with Gasteiger partial charge >= 0.3 is 12.0 Å². The molecular formula is C19H12FN5O3. The molecule has 0 saturated heterocycles. The molecule has 2 heterocycles. The first kappa shape index (κ1) is 17.3. The molecule has 138 valence electrons. The number of benzene rings is 2. The van der Waals surface area contributed by atoms with E-state index in [0.717, 1.165) is 0 Å². The molecule has 0 saturated carbocycles. The van der Waals surface area contributed by atoms with Crippen LogP contribution in [-0.4, -0.2) is 26.1 Å². The molecule has 4 rings (SSSR count). The second-order valence-electron chi connectivity index (χ2n) is 5.54. The van der Waals surface area contributed by atoms with Crippen molar-refractivity contribution in [2.45, 2.75) is 0 Å². The van der Waals surface area contributed by atoms with Gasteiger partial charge in [-0.25, -0.2) is 14.4 Å². The Hall–Kier alpha value is -4.14. The number of nitrogens with one attached hydrogen (secondary N) is 1. The molecule has 4 aromatic rings. The molecule has 1 amide bonds. The van der Waals surface area contributed by atoms with Gasteiger partial charge in [-0.05, 0) is 36.4 Å². The lowest BCUT2D eigenvalue weighted by Gasteiger charge is -2.04. The van der Waals surface area contributed by atoms with Gasteiger partial charge in [0.25, 0.3) is 5.91 Å². The van der Waals surface area contributed by atoms with Gasteiger partial charge in [-0.2, -0.15) is 0 Å². The van der Waals surface area contributed by atoms with Crippen LogP contribution in [0.1, 0.15) is 10.4 Å². The van der Waals surface area contributed by atoms with Gasteiger partial charge in [-0.15, -0.1) is 5.10 Å². The van der Waals surface area contributed by atoms with E-state index in [1.807, 2.05) is 18.2 Å². The average molecular weight is 377 g/mol. The van der Waals surface area contributed by atoms with Crippen molar-refractivity contribution in [1.82, 2.24) is 20.2 Å². The normalized spacial score (nSPS) is 10.5. The Balaban J connectivity index is 1.42. The number of carbonyl (C=O) groups is 1. The van der Waals surface area contributed by atoms with E-state index in [1.54, 1.807) is 12.1 Å². The van der Waals surface area contributed by atoms with E-state index in [-0.39, 0.29) is 29.3 Å². The molecule has 0 aliphatic heterocycles. The van der Waals surface area contributed by atoms with E-state index in [0.29, 0.717) is 11.3 Å². The zero-order chi connectivity index (χ0) is 19.3. The first-order chi connectivity index (χ1) is 13.7. The quantitative estimate of drug-likeness (QED) is 0.565. The summed E-state index contributed by atoms with van der Waals surface area (Å²) in [5, 5.41) is 10.0. The number of anilines is 1. The highest BCUT2D eigenvalue weighted by atomic mass is 19.1. The highest BCUT2D eigenvalue weighted by molar-refractivity contribution is 6.02. The van der Waals surface area contributed by atoms with Crippen LogP contribution in [0.5, 0.6) is 11.8 Å². The zero-order valence-corrected chi connectivity index (χ0v) is 14.2. The van der Waals surface area contributed by atoms with Gasteiger partial charge in [0.05, 0.1) is 5.56 Å². The van der Waals surface area contributed by atoms with Gasteiger partial charge in [-0.1, -0.05) is 23.3 Å². The Morgan fingerprint density at radius 1 is 0.964 bits per heavy atom. The fourth-order valence-corrected chi connectivity index (χ4v) is 2.23. The van der Waals surface area contributed by atoms with Crippen LogP contribution in [0.3, 0.4) is 0 Å². The predicted octanol–water partition coefficient (Wildman–Crippen LogP) is 3.71. The first-order valence-electron chi connectivity index (χ1n) is 8.13. The first-order valence-corrected chi connectivity index (χ1v) is 8.13. The minimum atomic E-state index is -0.527. The van der Waals surface area contributed by atoms with Crippen LogP contribution in [0.2, 0.25) is 0 Å². The highest BCUT2D eigenvalue weighted by Crippen LogP contribution is 2.20. The Morgan fingerprint density at radius 3 is 2.39 bits per heavy atom. The van der Waals surface area contributed by atoms with Gasteiger partial charge in [0, 0.05) is 18.0 Å². The number of hydrogen-bond donors (Lipinski definition) is 1. The Labute approximate surface area is 158 Å². The lowest BCUT2D eigenvalue weighted by molar-refractivity contribution is 0.102. The maximum Gasteiger partial charge on any atom is 0.322 e. The van der Waals surface area contributed by atoms with Gasteiger partial charge in [-0.3, -0.25) is 10.1 Å². The standard InChI is InChI=1S/C19H12FN5O3/c20-14-8-6-12(7-9-14)17-24-25-19(28-17)23-16(26)13-10-21-18(22-11-13)27-15-4-2-1-3-5-15/h1-11H,(H,23,25,26). The number of aromatic nitrogens is 4. The summed E-state index contributed by atoms with van der Waals surface area (Å²) < 4.78 is 23.8. The van der Waals surface area contributed by atoms with Crippen LogP contribution in [-0.2, 0) is 0 Å². The lowest BCUT2D eigenvalue weighted by Crippen LogP contribution is -2.13. The van der Waals surface area contributed by atoms with Crippen molar-refractivity contribution in [3.05, 3.63) is 78.4 Å². The van der Waals surface area contributed by atoms with E-state index in [4.69, 9.17) is 9.15 Å². The molecule has 0 spiro atoms. The molecule has 0 radical (unpaired) electrons. The third kappa shape index (κ3) is 3.98. The van der Waals surface area contributed by atoms with E-state index >= 15 is 0 Å². The number of hydrogen-bond acceptors (Lipinski definition) is 7. The van der Waals surface area contributed by atoms with Gasteiger partial charge in [0.1, 0.15) is 11.6 Å². The van der Waals surface area contributed by atoms with Gasteiger partial charge in [0.15, 0.2) is 0 Å². The summed E-state index contributed by atoms with van der Waals surface area (Å²) in [5.74, 6) is -0.172. The summed E-state index contributed by atoms with van der Waals surface area (Å²) in [6.45, 7) is 0. The van der Waals surface area contributed by atoms with Crippen molar-refractivity contribution >= 4 is 11.9 Å². The molecule has 9 heteroatoms. The van der Waals surface area contributed by atoms with Crippen molar-refractivity contribution in [3.63, 3.8) is 0 Å². The molecular weight excluding hydrogens is 365 g/mol. The van der Waals surface area contributed by atoms with E-state index in [9.17, 15) is 9.18 Å². The van der Waals surface area contributed by atoms with Crippen LogP contribution >= 0.6 is 0 Å². The van der Waals surface area contributed by atoms with Crippen molar-refractivity contribution in [2.75, 3.05) is 5.32 Å². The number of para-hydroxylation sites is 1. The number of halogens is 1. The monoisotopic (exact) mass is 377 g/mol. The van der Waals surface area contributed by atoms with Crippen LogP contribution in [0.4, 0.5) is 10.4 Å². The number of rotatable bonds is 5. The van der Waals surface area contributed by atoms with Crippen LogP contribution in [0, 0.1) is 5.82 Å². The number of carbonyl (C=O) groups excluding carboxylic acids is 1. The highest BCUT2D eigenvalue weighted by Gasteiger charge is 2.14. The van der Waals surface area contributed by atoms with Crippen molar-refractivity contribution in [3.8, 4) is 23.2 Å². The third-order valence-electron chi connectivity index (χ3n) is 3.58. The summed E-state index contributed by atoms with van der Waals surface area (Å²) in [7, 11) is 0. The molecule has 1 N–H and O–H groups in total. The largest absolute Gasteiger partial charge is 0.424 e. The van der Waals surface area contributed by atoms with E-state index in [2.05, 4.69) is 25.5 Å². The molecule has 0 bridgehead atoms. The molecule has 2 aromatic carbocycles. The summed E-state index contributed by atoms with van der Waals surface area (Å²) in [6.07, 6.45) is 2.63.